The highest BCUT2D eigenvalue weighted by Crippen LogP contribution is 2.24. The Morgan fingerprint density at radius 2 is 1.57 bits per heavy atom. The first-order valence-electron chi connectivity index (χ1n) is 12.4. The molecule has 1 N–H and O–H groups in total. The van der Waals surface area contributed by atoms with Gasteiger partial charge in [0.25, 0.3) is 5.91 Å². The minimum Gasteiger partial charge on any atom is -0.497 e. The van der Waals surface area contributed by atoms with E-state index in [2.05, 4.69) is 5.32 Å². The van der Waals surface area contributed by atoms with Gasteiger partial charge < -0.3 is 15.0 Å². The molecule has 0 aliphatic rings. The maximum Gasteiger partial charge on any atom is 0.258 e. The molecule has 2 amide bonds. The van der Waals surface area contributed by atoms with E-state index in [-0.39, 0.29) is 24.3 Å². The van der Waals surface area contributed by atoms with E-state index in [1.165, 1.54) is 0 Å². The van der Waals surface area contributed by atoms with Gasteiger partial charge in [0.2, 0.25) is 5.91 Å². The van der Waals surface area contributed by atoms with Gasteiger partial charge in [0.1, 0.15) is 5.75 Å². The Morgan fingerprint density at radius 1 is 0.838 bits per heavy atom. The predicted octanol–water partition coefficient (Wildman–Crippen LogP) is 6.27. The number of ether oxygens (including phenoxy) is 1. The molecule has 4 aromatic carbocycles. The van der Waals surface area contributed by atoms with Gasteiger partial charge in [-0.3, -0.25) is 9.59 Å². The van der Waals surface area contributed by atoms with Gasteiger partial charge in [0, 0.05) is 11.3 Å². The summed E-state index contributed by atoms with van der Waals surface area (Å²) in [5.74, 6) is 0.413. The molecule has 5 heteroatoms. The Hall–Kier alpha value is -4.38. The highest BCUT2D eigenvalue weighted by molar-refractivity contribution is 6.06. The first-order valence-corrected chi connectivity index (χ1v) is 12.4. The van der Waals surface area contributed by atoms with Crippen LogP contribution >= 0.6 is 0 Å². The first kappa shape index (κ1) is 25.7. The molecule has 4 rings (SSSR count). The lowest BCUT2D eigenvalue weighted by atomic mass is 10.1. The average Bonchev–Trinajstić information content (AvgIpc) is 2.93. The summed E-state index contributed by atoms with van der Waals surface area (Å²) in [5, 5.41) is 3.07. The number of hydrogen-bond acceptors (Lipinski definition) is 3. The van der Waals surface area contributed by atoms with Crippen LogP contribution in [0.25, 0.3) is 0 Å². The highest BCUT2D eigenvalue weighted by Gasteiger charge is 2.20. The number of nitrogens with one attached hydrogen (secondary N) is 1. The van der Waals surface area contributed by atoms with Gasteiger partial charge >= 0.3 is 0 Å². The van der Waals surface area contributed by atoms with Gasteiger partial charge in [0.15, 0.2) is 0 Å². The molecule has 37 heavy (non-hydrogen) atoms. The van der Waals surface area contributed by atoms with Gasteiger partial charge in [-0.25, -0.2) is 0 Å². The van der Waals surface area contributed by atoms with Crippen molar-refractivity contribution in [3.63, 3.8) is 0 Å². The molecule has 0 bridgehead atoms. The predicted molar refractivity (Wildman–Crippen MR) is 148 cm³/mol. The van der Waals surface area contributed by atoms with Crippen LogP contribution in [0.15, 0.2) is 103 Å². The summed E-state index contributed by atoms with van der Waals surface area (Å²) in [4.78, 5) is 28.3. The van der Waals surface area contributed by atoms with E-state index >= 15 is 0 Å². The topological polar surface area (TPSA) is 58.6 Å². The Balaban J connectivity index is 1.57. The van der Waals surface area contributed by atoms with Crippen LogP contribution in [0.1, 0.15) is 45.6 Å². The van der Waals surface area contributed by atoms with Gasteiger partial charge in [-0.15, -0.1) is 0 Å². The highest BCUT2D eigenvalue weighted by atomic mass is 16.5. The molecule has 0 aromatic heterocycles. The SMILES string of the molecule is COc1cccc(C(=O)N(Cc2ccc(C)cc2)c2cccc(CC(=O)N[C@H](C)c3ccccc3)c2)c1. The van der Waals surface area contributed by atoms with Crippen molar-refractivity contribution in [2.75, 3.05) is 12.0 Å². The molecule has 0 aliphatic carbocycles. The smallest absolute Gasteiger partial charge is 0.258 e. The van der Waals surface area contributed by atoms with Crippen molar-refractivity contribution in [1.29, 1.82) is 0 Å². The van der Waals surface area contributed by atoms with Crippen LogP contribution < -0.4 is 15.0 Å². The largest absolute Gasteiger partial charge is 0.497 e. The number of carbonyl (C=O) groups is 2. The van der Waals surface area contributed by atoms with E-state index in [0.29, 0.717) is 17.9 Å². The van der Waals surface area contributed by atoms with Crippen molar-refractivity contribution < 1.29 is 14.3 Å². The van der Waals surface area contributed by atoms with Crippen molar-refractivity contribution in [3.05, 3.63) is 131 Å². The minimum atomic E-state index is -0.140. The lowest BCUT2D eigenvalue weighted by Gasteiger charge is -2.24. The molecule has 0 saturated carbocycles. The minimum absolute atomic E-state index is 0.0716. The molecular formula is C32H32N2O3. The van der Waals surface area contributed by atoms with Crippen LogP contribution in [0, 0.1) is 6.92 Å². The van der Waals surface area contributed by atoms with Crippen molar-refractivity contribution in [3.8, 4) is 5.75 Å². The van der Waals surface area contributed by atoms with Crippen LogP contribution in [-0.4, -0.2) is 18.9 Å². The van der Waals surface area contributed by atoms with Crippen molar-refractivity contribution in [2.45, 2.75) is 32.9 Å². The third kappa shape index (κ3) is 6.85. The molecule has 0 spiro atoms. The zero-order chi connectivity index (χ0) is 26.2. The van der Waals surface area contributed by atoms with Crippen LogP contribution in [0.5, 0.6) is 5.75 Å². The summed E-state index contributed by atoms with van der Waals surface area (Å²) in [6.45, 7) is 4.41. The fourth-order valence-electron chi connectivity index (χ4n) is 4.21. The number of carbonyl (C=O) groups excluding carboxylic acids is 2. The van der Waals surface area contributed by atoms with Crippen molar-refractivity contribution >= 4 is 17.5 Å². The second-order valence-corrected chi connectivity index (χ2v) is 9.16. The van der Waals surface area contributed by atoms with E-state index < -0.39 is 0 Å². The fourth-order valence-corrected chi connectivity index (χ4v) is 4.21. The molecule has 1 atom stereocenters. The molecule has 0 heterocycles. The van der Waals surface area contributed by atoms with Gasteiger partial charge in [0.05, 0.1) is 26.1 Å². The third-order valence-corrected chi connectivity index (χ3v) is 6.29. The van der Waals surface area contributed by atoms with Gasteiger partial charge in [-0.05, 0) is 60.9 Å². The number of aryl methyl sites for hydroxylation is 1. The van der Waals surface area contributed by atoms with Crippen LogP contribution in [0.3, 0.4) is 0 Å². The first-order chi connectivity index (χ1) is 17.9. The Kier molecular flexibility index (Phi) is 8.37. The molecule has 0 unspecified atom stereocenters. The zero-order valence-corrected chi connectivity index (χ0v) is 21.5. The van der Waals surface area contributed by atoms with Crippen molar-refractivity contribution in [2.24, 2.45) is 0 Å². The molecular weight excluding hydrogens is 460 g/mol. The Bertz CT molecular complexity index is 1350. The standard InChI is InChI=1S/C32H32N2O3/c1-23-15-17-25(18-16-23)22-34(32(36)28-12-8-14-30(21-28)37-3)29-13-7-9-26(19-29)20-31(35)33-24(2)27-10-5-4-6-11-27/h4-19,21,24H,20,22H2,1-3H3,(H,33,35)/t24-/m1/s1. The van der Waals surface area contributed by atoms with E-state index in [1.807, 2.05) is 105 Å². The van der Waals surface area contributed by atoms with E-state index in [1.54, 1.807) is 24.1 Å². The van der Waals surface area contributed by atoms with Crippen LogP contribution in [0.4, 0.5) is 5.69 Å². The zero-order valence-electron chi connectivity index (χ0n) is 21.5. The summed E-state index contributed by atoms with van der Waals surface area (Å²) >= 11 is 0. The third-order valence-electron chi connectivity index (χ3n) is 6.29. The number of rotatable bonds is 9. The second-order valence-electron chi connectivity index (χ2n) is 9.16. The molecule has 4 aromatic rings. The van der Waals surface area contributed by atoms with Crippen LogP contribution in [0.2, 0.25) is 0 Å². The lowest BCUT2D eigenvalue weighted by molar-refractivity contribution is -0.121. The van der Waals surface area contributed by atoms with Crippen molar-refractivity contribution in [1.82, 2.24) is 5.32 Å². The molecule has 5 nitrogen and oxygen atoms in total. The molecule has 0 aliphatic heterocycles. The molecule has 0 fully saturated rings. The van der Waals surface area contributed by atoms with Crippen LogP contribution in [-0.2, 0) is 17.8 Å². The average molecular weight is 493 g/mol. The number of nitrogens with zero attached hydrogens (tertiary/aromatic N) is 1. The maximum absolute atomic E-state index is 13.7. The van der Waals surface area contributed by atoms with Gasteiger partial charge in [-0.2, -0.15) is 0 Å². The summed E-state index contributed by atoms with van der Waals surface area (Å²) in [5.41, 5.74) is 5.33. The maximum atomic E-state index is 13.7. The summed E-state index contributed by atoms with van der Waals surface area (Å²) in [7, 11) is 1.58. The summed E-state index contributed by atoms with van der Waals surface area (Å²) in [6, 6.07) is 32.7. The number of amides is 2. The molecule has 0 saturated heterocycles. The quantitative estimate of drug-likeness (QED) is 0.300. The normalized spacial score (nSPS) is 11.4. The monoisotopic (exact) mass is 492 g/mol. The number of benzene rings is 4. The molecule has 188 valence electrons. The summed E-state index contributed by atoms with van der Waals surface area (Å²) in [6.07, 6.45) is 0.219. The summed E-state index contributed by atoms with van der Waals surface area (Å²) < 4.78 is 5.33. The second kappa shape index (κ2) is 12.0. The molecule has 0 radical (unpaired) electrons. The number of hydrogen-bond donors (Lipinski definition) is 1. The Morgan fingerprint density at radius 3 is 2.30 bits per heavy atom. The lowest BCUT2D eigenvalue weighted by Crippen LogP contribution is -2.31. The Labute approximate surface area is 218 Å². The number of anilines is 1. The number of methoxy groups -OCH3 is 1. The van der Waals surface area contributed by atoms with E-state index in [4.69, 9.17) is 4.74 Å². The van der Waals surface area contributed by atoms with E-state index in [9.17, 15) is 9.59 Å². The van der Waals surface area contributed by atoms with Gasteiger partial charge in [-0.1, -0.05) is 78.4 Å². The fraction of sp³-hybridized carbons (Fsp3) is 0.188. The van der Waals surface area contributed by atoms with E-state index in [0.717, 1.165) is 27.9 Å².